The average Bonchev–Trinajstić information content (AvgIpc) is 3.05. The fourth-order valence-corrected chi connectivity index (χ4v) is 3.03. The molecule has 0 bridgehead atoms. The van der Waals surface area contributed by atoms with E-state index in [0.717, 1.165) is 17.0 Å². The van der Waals surface area contributed by atoms with Crippen molar-refractivity contribution < 1.29 is 32.2 Å². The molecule has 2 aromatic carbocycles. The predicted molar refractivity (Wildman–Crippen MR) is 101 cm³/mol. The first-order chi connectivity index (χ1) is 13.7. The van der Waals surface area contributed by atoms with Crippen LogP contribution in [-0.4, -0.2) is 21.8 Å². The Balaban J connectivity index is 1.64. The molecule has 0 amide bonds. The van der Waals surface area contributed by atoms with Gasteiger partial charge in [-0.25, -0.2) is 4.98 Å². The maximum Gasteiger partial charge on any atom is 0.416 e. The number of carboxylic acid groups (broad SMARTS) is 1. The largest absolute Gasteiger partial charge is 0.486 e. The van der Waals surface area contributed by atoms with Crippen molar-refractivity contribution in [1.29, 1.82) is 0 Å². The topological polar surface area (TPSA) is 72.6 Å². The predicted octanol–water partition coefficient (Wildman–Crippen LogP) is 5.42. The van der Waals surface area contributed by atoms with Gasteiger partial charge in [0.15, 0.2) is 5.76 Å². The van der Waals surface area contributed by atoms with Crippen LogP contribution in [0.5, 0.6) is 5.75 Å². The highest BCUT2D eigenvalue weighted by atomic mass is 32.2. The molecule has 0 spiro atoms. The van der Waals surface area contributed by atoms with Gasteiger partial charge in [0.2, 0.25) is 5.89 Å². The molecule has 0 aliphatic carbocycles. The number of thioether (sulfide) groups is 1. The smallest absolute Gasteiger partial charge is 0.416 e. The number of rotatable bonds is 7. The van der Waals surface area contributed by atoms with Gasteiger partial charge >= 0.3 is 12.1 Å². The number of hydrogen-bond donors (Lipinski definition) is 1. The Morgan fingerprint density at radius 3 is 2.38 bits per heavy atom. The second-order valence-corrected chi connectivity index (χ2v) is 7.09. The Morgan fingerprint density at radius 2 is 1.79 bits per heavy atom. The van der Waals surface area contributed by atoms with Crippen molar-refractivity contribution in [3.8, 4) is 17.2 Å². The van der Waals surface area contributed by atoms with Crippen LogP contribution < -0.4 is 4.74 Å². The van der Waals surface area contributed by atoms with Crippen molar-refractivity contribution in [3.63, 3.8) is 0 Å². The zero-order chi connectivity index (χ0) is 21.0. The molecule has 1 aromatic heterocycles. The lowest BCUT2D eigenvalue weighted by Crippen LogP contribution is -2.03. The molecule has 5 nitrogen and oxygen atoms in total. The van der Waals surface area contributed by atoms with Crippen LogP contribution in [0.3, 0.4) is 0 Å². The van der Waals surface area contributed by atoms with E-state index in [0.29, 0.717) is 22.8 Å². The standard InChI is InChI=1S/C20H16F3NO4S/c1-12-17(10-27-15-6-8-16(9-7-15)29-11-18(25)26)28-19(24-12)13-2-4-14(5-3-13)20(21,22)23/h2-9H,10-11H2,1H3,(H,25,26). The number of halogens is 3. The third-order valence-corrected chi connectivity index (χ3v) is 4.90. The molecule has 1 N–H and O–H groups in total. The van der Waals surface area contributed by atoms with Crippen LogP contribution in [0.2, 0.25) is 0 Å². The Kier molecular flexibility index (Phi) is 6.17. The summed E-state index contributed by atoms with van der Waals surface area (Å²) < 4.78 is 49.3. The first-order valence-corrected chi connectivity index (χ1v) is 9.42. The summed E-state index contributed by atoms with van der Waals surface area (Å²) in [6.07, 6.45) is -4.40. The Morgan fingerprint density at radius 1 is 1.14 bits per heavy atom. The molecule has 0 atom stereocenters. The summed E-state index contributed by atoms with van der Waals surface area (Å²) in [7, 11) is 0. The van der Waals surface area contributed by atoms with Crippen molar-refractivity contribution in [2.75, 3.05) is 5.75 Å². The third-order valence-electron chi connectivity index (χ3n) is 3.91. The van der Waals surface area contributed by atoms with E-state index in [2.05, 4.69) is 4.98 Å². The van der Waals surface area contributed by atoms with Crippen LogP contribution in [0.25, 0.3) is 11.5 Å². The Hall–Kier alpha value is -2.94. The van der Waals surface area contributed by atoms with Crippen LogP contribution in [0.4, 0.5) is 13.2 Å². The molecular weight excluding hydrogens is 407 g/mol. The lowest BCUT2D eigenvalue weighted by Gasteiger charge is -2.06. The molecule has 152 valence electrons. The molecule has 0 aliphatic heterocycles. The number of carbonyl (C=O) groups is 1. The minimum atomic E-state index is -4.40. The fourth-order valence-electron chi connectivity index (χ4n) is 2.41. The maximum atomic E-state index is 12.7. The fraction of sp³-hybridized carbons (Fsp3) is 0.200. The highest BCUT2D eigenvalue weighted by Crippen LogP contribution is 2.31. The summed E-state index contributed by atoms with van der Waals surface area (Å²) in [5.41, 5.74) is 0.277. The maximum absolute atomic E-state index is 12.7. The van der Waals surface area contributed by atoms with Crippen molar-refractivity contribution in [2.45, 2.75) is 24.6 Å². The molecule has 29 heavy (non-hydrogen) atoms. The van der Waals surface area contributed by atoms with Crippen LogP contribution in [0.1, 0.15) is 17.0 Å². The first kappa shape index (κ1) is 20.8. The summed E-state index contributed by atoms with van der Waals surface area (Å²) >= 11 is 1.20. The minimum Gasteiger partial charge on any atom is -0.486 e. The minimum absolute atomic E-state index is 0.0236. The van der Waals surface area contributed by atoms with Crippen LogP contribution in [0.15, 0.2) is 57.8 Å². The first-order valence-electron chi connectivity index (χ1n) is 8.44. The monoisotopic (exact) mass is 423 g/mol. The molecule has 0 radical (unpaired) electrons. The number of benzene rings is 2. The molecule has 0 unspecified atom stereocenters. The van der Waals surface area contributed by atoms with E-state index in [1.54, 1.807) is 31.2 Å². The van der Waals surface area contributed by atoms with Gasteiger partial charge in [0.1, 0.15) is 12.4 Å². The quantitative estimate of drug-likeness (QED) is 0.511. The summed E-state index contributed by atoms with van der Waals surface area (Å²) in [5, 5.41) is 8.69. The van der Waals surface area contributed by atoms with Crippen molar-refractivity contribution in [2.24, 2.45) is 0 Å². The second-order valence-electron chi connectivity index (χ2n) is 6.05. The molecule has 0 saturated carbocycles. The Labute approximate surface area is 168 Å². The molecule has 1 heterocycles. The number of oxazole rings is 1. The van der Waals surface area contributed by atoms with Gasteiger partial charge in [0.05, 0.1) is 17.0 Å². The van der Waals surface area contributed by atoms with E-state index in [1.807, 2.05) is 0 Å². The van der Waals surface area contributed by atoms with Crippen LogP contribution in [0, 0.1) is 6.92 Å². The number of ether oxygens (including phenoxy) is 1. The molecule has 0 fully saturated rings. The van der Waals surface area contributed by atoms with Gasteiger partial charge in [-0.1, -0.05) is 0 Å². The van der Waals surface area contributed by atoms with Gasteiger partial charge in [-0.3, -0.25) is 4.79 Å². The molecule has 0 saturated heterocycles. The lowest BCUT2D eigenvalue weighted by atomic mass is 10.1. The zero-order valence-corrected chi connectivity index (χ0v) is 16.0. The number of aromatic nitrogens is 1. The highest BCUT2D eigenvalue weighted by Gasteiger charge is 2.30. The third kappa shape index (κ3) is 5.54. The summed E-state index contributed by atoms with van der Waals surface area (Å²) in [6, 6.07) is 11.5. The SMILES string of the molecule is Cc1nc(-c2ccc(C(F)(F)F)cc2)oc1COc1ccc(SCC(=O)O)cc1. The van der Waals surface area contributed by atoms with Gasteiger partial charge in [-0.2, -0.15) is 13.2 Å². The van der Waals surface area contributed by atoms with E-state index in [-0.39, 0.29) is 18.3 Å². The van der Waals surface area contributed by atoms with Crippen molar-refractivity contribution in [3.05, 3.63) is 65.5 Å². The van der Waals surface area contributed by atoms with Gasteiger partial charge < -0.3 is 14.3 Å². The van der Waals surface area contributed by atoms with Gasteiger partial charge in [-0.15, -0.1) is 11.8 Å². The van der Waals surface area contributed by atoms with E-state index < -0.39 is 17.7 Å². The van der Waals surface area contributed by atoms with E-state index >= 15 is 0 Å². The number of alkyl halides is 3. The number of aryl methyl sites for hydroxylation is 1. The number of nitrogens with zero attached hydrogens (tertiary/aromatic N) is 1. The molecule has 3 aromatic rings. The summed E-state index contributed by atoms with van der Waals surface area (Å²) in [4.78, 5) is 15.6. The number of carboxylic acids is 1. The normalized spacial score (nSPS) is 11.4. The van der Waals surface area contributed by atoms with E-state index in [1.165, 1.54) is 23.9 Å². The number of hydrogen-bond acceptors (Lipinski definition) is 5. The molecular formula is C20H16F3NO4S. The Bertz CT molecular complexity index is 982. The van der Waals surface area contributed by atoms with E-state index in [4.69, 9.17) is 14.3 Å². The summed E-state index contributed by atoms with van der Waals surface area (Å²) in [5.74, 6) is 0.334. The van der Waals surface area contributed by atoms with Crippen molar-refractivity contribution in [1.82, 2.24) is 4.98 Å². The van der Waals surface area contributed by atoms with Crippen LogP contribution in [-0.2, 0) is 17.6 Å². The molecule has 9 heteroatoms. The van der Waals surface area contributed by atoms with Crippen molar-refractivity contribution >= 4 is 17.7 Å². The number of aliphatic carboxylic acids is 1. The second kappa shape index (κ2) is 8.60. The highest BCUT2D eigenvalue weighted by molar-refractivity contribution is 8.00. The van der Waals surface area contributed by atoms with Gasteiger partial charge in [0, 0.05) is 10.5 Å². The zero-order valence-electron chi connectivity index (χ0n) is 15.2. The van der Waals surface area contributed by atoms with Gasteiger partial charge in [-0.05, 0) is 55.5 Å². The molecule has 0 aliphatic rings. The van der Waals surface area contributed by atoms with Crippen LogP contribution >= 0.6 is 11.8 Å². The average molecular weight is 423 g/mol. The lowest BCUT2D eigenvalue weighted by molar-refractivity contribution is -0.137. The summed E-state index contributed by atoms with van der Waals surface area (Å²) in [6.45, 7) is 1.82. The molecule has 3 rings (SSSR count). The van der Waals surface area contributed by atoms with Gasteiger partial charge in [0.25, 0.3) is 0 Å². The van der Waals surface area contributed by atoms with E-state index in [9.17, 15) is 18.0 Å².